The molecule has 118 valence electrons. The minimum atomic E-state index is -4.12. The second kappa shape index (κ2) is 6.13. The fraction of sp³-hybridized carbons (Fsp3) is 0.600. The zero-order valence-electron chi connectivity index (χ0n) is 12.3. The van der Waals surface area contributed by atoms with E-state index in [2.05, 4.69) is 5.32 Å². The van der Waals surface area contributed by atoms with Gasteiger partial charge in [-0.25, -0.2) is 0 Å². The molecule has 0 saturated carbocycles. The quantitative estimate of drug-likeness (QED) is 0.840. The second-order valence-corrected chi connectivity index (χ2v) is 5.76. The Balaban J connectivity index is 1.91. The number of anilines is 1. The van der Waals surface area contributed by atoms with Gasteiger partial charge in [-0.1, -0.05) is 0 Å². The summed E-state index contributed by atoms with van der Waals surface area (Å²) >= 11 is 0. The molecule has 2 N–H and O–H groups in total. The van der Waals surface area contributed by atoms with Gasteiger partial charge in [0.15, 0.2) is 0 Å². The maximum absolute atomic E-state index is 12.3. The highest BCUT2D eigenvalue weighted by Gasteiger charge is 2.32. The van der Waals surface area contributed by atoms with Crippen molar-refractivity contribution in [1.29, 1.82) is 0 Å². The molecule has 1 aliphatic rings. The first-order valence-electron chi connectivity index (χ1n) is 7.10. The number of halogens is 3. The summed E-state index contributed by atoms with van der Waals surface area (Å²) in [7, 11) is 0. The summed E-state index contributed by atoms with van der Waals surface area (Å²) in [5.41, 5.74) is 2.67. The van der Waals surface area contributed by atoms with Gasteiger partial charge >= 0.3 is 6.18 Å². The van der Waals surface area contributed by atoms with E-state index < -0.39 is 12.7 Å². The number of likely N-dealkylation sites (tertiary alicyclic amines) is 1. The average Bonchev–Trinajstić information content (AvgIpc) is 2.36. The Morgan fingerprint density at radius 2 is 1.81 bits per heavy atom. The van der Waals surface area contributed by atoms with Crippen molar-refractivity contribution in [2.45, 2.75) is 38.9 Å². The van der Waals surface area contributed by atoms with Crippen LogP contribution < -0.4 is 5.32 Å². The number of phenols is 1. The third-order valence-electron chi connectivity index (χ3n) is 3.89. The van der Waals surface area contributed by atoms with Crippen LogP contribution in [0.2, 0.25) is 0 Å². The SMILES string of the molecule is Cc1cc(NC2CCN(CC(F)(F)F)CC2)c(C)cc1O. The average molecular weight is 302 g/mol. The molecule has 1 aromatic rings. The molecule has 0 amide bonds. The van der Waals surface area contributed by atoms with Gasteiger partial charge < -0.3 is 10.4 Å². The number of alkyl halides is 3. The van der Waals surface area contributed by atoms with Crippen LogP contribution in [0.25, 0.3) is 0 Å². The van der Waals surface area contributed by atoms with Crippen molar-refractivity contribution in [1.82, 2.24) is 4.90 Å². The van der Waals surface area contributed by atoms with E-state index in [0.717, 1.165) is 16.8 Å². The first-order valence-corrected chi connectivity index (χ1v) is 7.10. The van der Waals surface area contributed by atoms with Crippen molar-refractivity contribution in [3.8, 4) is 5.75 Å². The van der Waals surface area contributed by atoms with Crippen LogP contribution in [-0.4, -0.2) is 41.9 Å². The lowest BCUT2D eigenvalue weighted by atomic mass is 10.0. The Bertz CT molecular complexity index is 494. The molecule has 1 fully saturated rings. The highest BCUT2D eigenvalue weighted by Crippen LogP contribution is 2.27. The molecule has 3 nitrogen and oxygen atoms in total. The summed E-state index contributed by atoms with van der Waals surface area (Å²) in [5, 5.41) is 13.0. The smallest absolute Gasteiger partial charge is 0.401 e. The zero-order valence-corrected chi connectivity index (χ0v) is 12.3. The van der Waals surface area contributed by atoms with Gasteiger partial charge in [-0.15, -0.1) is 0 Å². The summed E-state index contributed by atoms with van der Waals surface area (Å²) in [6.45, 7) is 3.81. The summed E-state index contributed by atoms with van der Waals surface area (Å²) in [6, 6.07) is 3.76. The highest BCUT2D eigenvalue weighted by atomic mass is 19.4. The molecule has 6 heteroatoms. The highest BCUT2D eigenvalue weighted by molar-refractivity contribution is 5.57. The third kappa shape index (κ3) is 4.52. The number of benzene rings is 1. The molecule has 21 heavy (non-hydrogen) atoms. The topological polar surface area (TPSA) is 35.5 Å². The molecule has 0 atom stereocenters. The van der Waals surface area contributed by atoms with Gasteiger partial charge in [0.1, 0.15) is 5.75 Å². The van der Waals surface area contributed by atoms with E-state index in [-0.39, 0.29) is 11.8 Å². The molecule has 0 spiro atoms. The predicted molar refractivity (Wildman–Crippen MR) is 76.7 cm³/mol. The number of hydrogen-bond acceptors (Lipinski definition) is 3. The lowest BCUT2D eigenvalue weighted by Gasteiger charge is -2.33. The second-order valence-electron chi connectivity index (χ2n) is 5.76. The van der Waals surface area contributed by atoms with Gasteiger partial charge in [0.25, 0.3) is 0 Å². The predicted octanol–water partition coefficient (Wildman–Crippen LogP) is 3.45. The number of phenolic OH excluding ortho intramolecular Hbond substituents is 1. The van der Waals surface area contributed by atoms with E-state index in [1.54, 1.807) is 6.07 Å². The van der Waals surface area contributed by atoms with Crippen molar-refractivity contribution in [3.63, 3.8) is 0 Å². The van der Waals surface area contributed by atoms with Crippen LogP contribution in [0, 0.1) is 13.8 Å². The number of aromatic hydroxyl groups is 1. The number of nitrogens with zero attached hydrogens (tertiary/aromatic N) is 1. The molecule has 1 saturated heterocycles. The van der Waals surface area contributed by atoms with Gasteiger partial charge in [-0.05, 0) is 49.9 Å². The number of piperidine rings is 1. The lowest BCUT2D eigenvalue weighted by molar-refractivity contribution is -0.147. The van der Waals surface area contributed by atoms with Crippen LogP contribution in [0.4, 0.5) is 18.9 Å². The maximum Gasteiger partial charge on any atom is 0.401 e. The number of aryl methyl sites for hydroxylation is 2. The summed E-state index contributed by atoms with van der Waals surface area (Å²) in [5.74, 6) is 0.262. The summed E-state index contributed by atoms with van der Waals surface area (Å²) < 4.78 is 37.0. The van der Waals surface area contributed by atoms with Crippen LogP contribution in [0.3, 0.4) is 0 Å². The van der Waals surface area contributed by atoms with E-state index in [9.17, 15) is 18.3 Å². The van der Waals surface area contributed by atoms with Gasteiger partial charge in [0.2, 0.25) is 0 Å². The van der Waals surface area contributed by atoms with Crippen LogP contribution >= 0.6 is 0 Å². The third-order valence-corrected chi connectivity index (χ3v) is 3.89. The van der Waals surface area contributed by atoms with Crippen LogP contribution in [0.15, 0.2) is 12.1 Å². The van der Waals surface area contributed by atoms with Gasteiger partial charge in [0, 0.05) is 24.8 Å². The molecule has 0 unspecified atom stereocenters. The Morgan fingerprint density at radius 3 is 2.38 bits per heavy atom. The van der Waals surface area contributed by atoms with Gasteiger partial charge in [-0.2, -0.15) is 13.2 Å². The normalized spacial score (nSPS) is 18.0. The first kappa shape index (κ1) is 15.9. The molecule has 0 aliphatic carbocycles. The summed E-state index contributed by atoms with van der Waals surface area (Å²) in [4.78, 5) is 1.45. The fourth-order valence-electron chi connectivity index (χ4n) is 2.67. The largest absolute Gasteiger partial charge is 0.508 e. The maximum atomic E-state index is 12.3. The number of rotatable bonds is 3. The van der Waals surface area contributed by atoms with Crippen molar-refractivity contribution >= 4 is 5.69 Å². The fourth-order valence-corrected chi connectivity index (χ4v) is 2.67. The monoisotopic (exact) mass is 302 g/mol. The van der Waals surface area contributed by atoms with Gasteiger partial charge in [-0.3, -0.25) is 4.90 Å². The van der Waals surface area contributed by atoms with Crippen LogP contribution in [0.1, 0.15) is 24.0 Å². The molecular weight excluding hydrogens is 281 g/mol. The minimum absolute atomic E-state index is 0.178. The standard InChI is InChI=1S/C15H21F3N2O/c1-10-8-14(21)11(2)7-13(10)19-12-3-5-20(6-4-12)9-15(16,17)18/h7-8,12,19,21H,3-6,9H2,1-2H3. The molecule has 0 radical (unpaired) electrons. The molecule has 1 aliphatic heterocycles. The Kier molecular flexibility index (Phi) is 4.66. The lowest BCUT2D eigenvalue weighted by Crippen LogP contribution is -2.43. The molecule has 0 aromatic heterocycles. The molecule has 0 bridgehead atoms. The van der Waals surface area contributed by atoms with Crippen molar-refractivity contribution in [2.75, 3.05) is 25.0 Å². The molecule has 1 heterocycles. The van der Waals surface area contributed by atoms with E-state index in [4.69, 9.17) is 0 Å². The Labute approximate surface area is 122 Å². The van der Waals surface area contributed by atoms with Crippen molar-refractivity contribution in [2.24, 2.45) is 0 Å². The van der Waals surface area contributed by atoms with Crippen molar-refractivity contribution < 1.29 is 18.3 Å². The molecular formula is C15H21F3N2O. The summed E-state index contributed by atoms with van der Waals surface area (Å²) in [6.07, 6.45) is -2.74. The van der Waals surface area contributed by atoms with E-state index in [1.807, 2.05) is 19.9 Å². The molecule has 2 rings (SSSR count). The number of hydrogen-bond donors (Lipinski definition) is 2. The Hall–Kier alpha value is -1.43. The Morgan fingerprint density at radius 1 is 1.19 bits per heavy atom. The number of nitrogens with one attached hydrogen (secondary N) is 1. The first-order chi connectivity index (χ1) is 9.74. The van der Waals surface area contributed by atoms with Crippen molar-refractivity contribution in [3.05, 3.63) is 23.3 Å². The van der Waals surface area contributed by atoms with Gasteiger partial charge in [0.05, 0.1) is 6.54 Å². The molecule has 1 aromatic carbocycles. The minimum Gasteiger partial charge on any atom is -0.508 e. The van der Waals surface area contributed by atoms with Crippen LogP contribution in [-0.2, 0) is 0 Å². The van der Waals surface area contributed by atoms with Crippen LogP contribution in [0.5, 0.6) is 5.75 Å². The van der Waals surface area contributed by atoms with E-state index in [0.29, 0.717) is 25.9 Å². The van der Waals surface area contributed by atoms with E-state index >= 15 is 0 Å². The van der Waals surface area contributed by atoms with E-state index in [1.165, 1.54) is 4.90 Å². The zero-order chi connectivity index (χ0) is 15.6.